The molecule has 6 heteroatoms. The fraction of sp³-hybridized carbons (Fsp3) is 0.917. The van der Waals surface area contributed by atoms with Gasteiger partial charge < -0.3 is 20.5 Å². The summed E-state index contributed by atoms with van der Waals surface area (Å²) in [6.07, 6.45) is 1.41. The summed E-state index contributed by atoms with van der Waals surface area (Å²) in [4.78, 5) is 13.5. The van der Waals surface area contributed by atoms with Gasteiger partial charge in [-0.15, -0.1) is 12.4 Å². The predicted octanol–water partition coefficient (Wildman–Crippen LogP) is 1.37. The predicted molar refractivity (Wildman–Crippen MR) is 72.8 cm³/mol. The summed E-state index contributed by atoms with van der Waals surface area (Å²) in [5, 5.41) is 8.98. The summed E-state index contributed by atoms with van der Waals surface area (Å²) >= 11 is 0. The Morgan fingerprint density at radius 2 is 1.94 bits per heavy atom. The van der Waals surface area contributed by atoms with E-state index in [1.165, 1.54) is 0 Å². The third-order valence-corrected chi connectivity index (χ3v) is 3.01. The summed E-state index contributed by atoms with van der Waals surface area (Å²) in [5.74, 6) is 0.304. The summed E-state index contributed by atoms with van der Waals surface area (Å²) in [5.41, 5.74) is 5.34. The van der Waals surface area contributed by atoms with Gasteiger partial charge in [0.2, 0.25) is 0 Å². The van der Waals surface area contributed by atoms with Gasteiger partial charge in [0.05, 0.1) is 6.61 Å². The number of halogens is 1. The number of aliphatic hydroxyl groups excluding tert-OH is 1. The second-order valence-corrected chi connectivity index (χ2v) is 5.65. The van der Waals surface area contributed by atoms with Crippen molar-refractivity contribution in [2.24, 2.45) is 11.7 Å². The molecule has 108 valence electrons. The lowest BCUT2D eigenvalue weighted by Gasteiger charge is -2.35. The van der Waals surface area contributed by atoms with Crippen LogP contribution in [0.2, 0.25) is 0 Å². The van der Waals surface area contributed by atoms with Gasteiger partial charge in [0.15, 0.2) is 0 Å². The zero-order valence-corrected chi connectivity index (χ0v) is 12.2. The zero-order chi connectivity index (χ0) is 13.1. The number of ether oxygens (including phenoxy) is 1. The first-order valence-electron chi connectivity index (χ1n) is 6.18. The molecule has 0 aromatic rings. The van der Waals surface area contributed by atoms with Crippen molar-refractivity contribution < 1.29 is 14.6 Å². The van der Waals surface area contributed by atoms with Crippen LogP contribution >= 0.6 is 12.4 Å². The fourth-order valence-electron chi connectivity index (χ4n) is 1.99. The number of likely N-dealkylation sites (tertiary alicyclic amines) is 1. The largest absolute Gasteiger partial charge is 0.444 e. The molecule has 0 aromatic carbocycles. The van der Waals surface area contributed by atoms with Gasteiger partial charge in [-0.05, 0) is 39.5 Å². The molecule has 0 bridgehead atoms. The molecule has 1 atom stereocenters. The first-order chi connectivity index (χ1) is 7.83. The Bertz CT molecular complexity index is 261. The van der Waals surface area contributed by atoms with Crippen molar-refractivity contribution >= 4 is 18.5 Å². The van der Waals surface area contributed by atoms with Crippen molar-refractivity contribution in [3.63, 3.8) is 0 Å². The molecule has 1 saturated heterocycles. The maximum atomic E-state index is 11.8. The fourth-order valence-corrected chi connectivity index (χ4v) is 1.99. The average Bonchev–Trinajstić information content (AvgIpc) is 2.26. The molecule has 5 nitrogen and oxygen atoms in total. The zero-order valence-electron chi connectivity index (χ0n) is 11.4. The molecule has 1 fully saturated rings. The molecule has 1 unspecified atom stereocenters. The molecule has 3 N–H and O–H groups in total. The molecule has 0 saturated carbocycles. The second kappa shape index (κ2) is 7.16. The Balaban J connectivity index is 0.00000289. The van der Waals surface area contributed by atoms with Gasteiger partial charge in [-0.2, -0.15) is 0 Å². The van der Waals surface area contributed by atoms with E-state index in [0.717, 1.165) is 12.8 Å². The van der Waals surface area contributed by atoms with Crippen molar-refractivity contribution in [3.05, 3.63) is 0 Å². The van der Waals surface area contributed by atoms with Crippen molar-refractivity contribution in [2.75, 3.05) is 19.7 Å². The lowest BCUT2D eigenvalue weighted by Crippen LogP contribution is -2.46. The van der Waals surface area contributed by atoms with E-state index in [9.17, 15) is 4.79 Å². The minimum atomic E-state index is -0.449. The Morgan fingerprint density at radius 1 is 1.44 bits per heavy atom. The van der Waals surface area contributed by atoms with Crippen molar-refractivity contribution in [1.29, 1.82) is 0 Å². The molecule has 1 amide bonds. The highest BCUT2D eigenvalue weighted by Crippen LogP contribution is 2.21. The molecular weight excluding hydrogens is 256 g/mol. The van der Waals surface area contributed by atoms with E-state index in [0.29, 0.717) is 19.0 Å². The normalized spacial score (nSPS) is 19.1. The van der Waals surface area contributed by atoms with Crippen molar-refractivity contribution in [1.82, 2.24) is 4.90 Å². The number of rotatable bonds is 2. The van der Waals surface area contributed by atoms with Crippen molar-refractivity contribution in [2.45, 2.75) is 45.3 Å². The smallest absolute Gasteiger partial charge is 0.410 e. The number of piperidine rings is 1. The number of aliphatic hydroxyl groups is 1. The molecule has 0 radical (unpaired) electrons. The molecule has 1 heterocycles. The Hall–Kier alpha value is -0.520. The van der Waals surface area contributed by atoms with Gasteiger partial charge in [0.1, 0.15) is 5.60 Å². The molecule has 1 rings (SSSR count). The number of carbonyl (C=O) groups excluding carboxylic acids is 1. The van der Waals surface area contributed by atoms with Gasteiger partial charge in [-0.25, -0.2) is 4.79 Å². The molecule has 0 aromatic heterocycles. The maximum absolute atomic E-state index is 11.8. The summed E-state index contributed by atoms with van der Waals surface area (Å²) in [6.45, 7) is 6.91. The first kappa shape index (κ1) is 17.5. The monoisotopic (exact) mass is 280 g/mol. The minimum absolute atomic E-state index is 0. The molecule has 1 aliphatic rings. The third-order valence-electron chi connectivity index (χ3n) is 3.01. The van der Waals surface area contributed by atoms with Crippen LogP contribution in [0.3, 0.4) is 0 Å². The van der Waals surface area contributed by atoms with Crippen LogP contribution in [0.25, 0.3) is 0 Å². The minimum Gasteiger partial charge on any atom is -0.444 e. The van der Waals surface area contributed by atoms with Crippen LogP contribution in [0.4, 0.5) is 4.79 Å². The van der Waals surface area contributed by atoms with Gasteiger partial charge in [-0.1, -0.05) is 0 Å². The van der Waals surface area contributed by atoms with E-state index < -0.39 is 5.60 Å². The number of nitrogens with zero attached hydrogens (tertiary/aromatic N) is 1. The van der Waals surface area contributed by atoms with E-state index in [2.05, 4.69) is 0 Å². The molecular formula is C12H25ClN2O3. The average molecular weight is 281 g/mol. The van der Waals surface area contributed by atoms with Gasteiger partial charge in [0, 0.05) is 19.1 Å². The van der Waals surface area contributed by atoms with Crippen LogP contribution in [0.15, 0.2) is 0 Å². The lowest BCUT2D eigenvalue weighted by molar-refractivity contribution is 0.0166. The van der Waals surface area contributed by atoms with E-state index in [-0.39, 0.29) is 31.1 Å². The van der Waals surface area contributed by atoms with E-state index >= 15 is 0 Å². The number of nitrogens with two attached hydrogens (primary N) is 1. The summed E-state index contributed by atoms with van der Waals surface area (Å²) in [7, 11) is 0. The standard InChI is InChI=1S/C12H24N2O3.ClH/c1-12(2,3)17-11(16)14-6-4-9(5-7-14)10(13)8-15;/h9-10,15H,4-8,13H2,1-3H3;1H. The quantitative estimate of drug-likeness (QED) is 0.801. The first-order valence-corrected chi connectivity index (χ1v) is 6.18. The topological polar surface area (TPSA) is 75.8 Å². The number of hydrogen-bond donors (Lipinski definition) is 2. The highest BCUT2D eigenvalue weighted by atomic mass is 35.5. The number of amides is 1. The highest BCUT2D eigenvalue weighted by Gasteiger charge is 2.28. The van der Waals surface area contributed by atoms with Crippen molar-refractivity contribution in [3.8, 4) is 0 Å². The van der Waals surface area contributed by atoms with Gasteiger partial charge >= 0.3 is 6.09 Å². The summed E-state index contributed by atoms with van der Waals surface area (Å²) in [6, 6.07) is -0.171. The number of hydrogen-bond acceptors (Lipinski definition) is 4. The van der Waals surface area contributed by atoms with Gasteiger partial charge in [0.25, 0.3) is 0 Å². The van der Waals surface area contributed by atoms with Crippen LogP contribution < -0.4 is 5.73 Å². The van der Waals surface area contributed by atoms with E-state index in [1.54, 1.807) is 4.90 Å². The Labute approximate surface area is 115 Å². The molecule has 1 aliphatic heterocycles. The van der Waals surface area contributed by atoms with Crippen LogP contribution in [0.5, 0.6) is 0 Å². The Kier molecular flexibility index (Phi) is 6.96. The lowest BCUT2D eigenvalue weighted by atomic mass is 9.90. The third kappa shape index (κ3) is 5.42. The second-order valence-electron chi connectivity index (χ2n) is 5.65. The van der Waals surface area contributed by atoms with Crippen LogP contribution in [-0.4, -0.2) is 47.4 Å². The highest BCUT2D eigenvalue weighted by molar-refractivity contribution is 5.85. The molecule has 18 heavy (non-hydrogen) atoms. The molecule has 0 spiro atoms. The SMILES string of the molecule is CC(C)(C)OC(=O)N1CCC(C(N)CO)CC1.Cl. The van der Waals surface area contributed by atoms with E-state index in [4.69, 9.17) is 15.6 Å². The van der Waals surface area contributed by atoms with Gasteiger partial charge in [-0.3, -0.25) is 0 Å². The molecule has 0 aliphatic carbocycles. The maximum Gasteiger partial charge on any atom is 0.410 e. The van der Waals surface area contributed by atoms with Crippen LogP contribution in [-0.2, 0) is 4.74 Å². The van der Waals surface area contributed by atoms with E-state index in [1.807, 2.05) is 20.8 Å². The van der Waals surface area contributed by atoms with Crippen LogP contribution in [0, 0.1) is 5.92 Å². The summed E-state index contributed by atoms with van der Waals surface area (Å²) < 4.78 is 5.31. The Morgan fingerprint density at radius 3 is 2.33 bits per heavy atom. The van der Waals surface area contributed by atoms with Crippen LogP contribution in [0.1, 0.15) is 33.6 Å². The number of carbonyl (C=O) groups is 1.